The number of hydrogen-bond donors (Lipinski definition) is 1. The minimum Gasteiger partial charge on any atom is -0.359 e. The third-order valence-electron chi connectivity index (χ3n) is 2.73. The van der Waals surface area contributed by atoms with Gasteiger partial charge in [0.2, 0.25) is 5.91 Å². The number of amides is 1. The van der Waals surface area contributed by atoms with E-state index in [1.807, 2.05) is 12.4 Å². The van der Waals surface area contributed by atoms with Crippen LogP contribution in [-0.4, -0.2) is 22.3 Å². The molecular formula is C10H13N3O2S. The molecule has 16 heavy (non-hydrogen) atoms. The lowest BCUT2D eigenvalue weighted by Crippen LogP contribution is -2.21. The van der Waals surface area contributed by atoms with Gasteiger partial charge in [0.15, 0.2) is 0 Å². The highest BCUT2D eigenvalue weighted by atomic mass is 32.1. The fourth-order valence-electron chi connectivity index (χ4n) is 1.67. The molecule has 0 saturated carbocycles. The molecule has 2 aromatic rings. The molecule has 0 radical (unpaired) electrons. The fraction of sp³-hybridized carbons (Fsp3) is 0.400. The number of rotatable bonds is 2. The average molecular weight is 239 g/mol. The number of nitrogens with zero attached hydrogens (tertiary/aromatic N) is 2. The Morgan fingerprint density at radius 1 is 1.44 bits per heavy atom. The summed E-state index contributed by atoms with van der Waals surface area (Å²) in [6.45, 7) is 0. The molecule has 2 heterocycles. The highest BCUT2D eigenvalue weighted by Gasteiger charge is 2.16. The van der Waals surface area contributed by atoms with Crippen LogP contribution in [0.5, 0.6) is 0 Å². The van der Waals surface area contributed by atoms with E-state index >= 15 is 0 Å². The van der Waals surface area contributed by atoms with Crippen molar-refractivity contribution in [3.05, 3.63) is 21.3 Å². The Morgan fingerprint density at radius 2 is 2.12 bits per heavy atom. The molecule has 1 N–H and O–H groups in total. The van der Waals surface area contributed by atoms with Gasteiger partial charge in [-0.05, 0) is 10.9 Å². The molecule has 0 aliphatic rings. The van der Waals surface area contributed by atoms with E-state index in [9.17, 15) is 9.59 Å². The first kappa shape index (κ1) is 10.9. The lowest BCUT2D eigenvalue weighted by Gasteiger charge is -1.97. The van der Waals surface area contributed by atoms with E-state index in [1.165, 1.54) is 11.3 Å². The summed E-state index contributed by atoms with van der Waals surface area (Å²) in [5.74, 6) is -0.0781. The van der Waals surface area contributed by atoms with E-state index in [0.717, 1.165) is 10.4 Å². The summed E-state index contributed by atoms with van der Waals surface area (Å²) in [6, 6.07) is 0. The zero-order chi connectivity index (χ0) is 11.9. The molecule has 0 fully saturated rings. The predicted molar refractivity (Wildman–Crippen MR) is 63.8 cm³/mol. The zero-order valence-electron chi connectivity index (χ0n) is 9.40. The number of carbonyl (C=O) groups excluding carboxylic acids is 1. The Kier molecular flexibility index (Phi) is 2.59. The smallest absolute Gasteiger partial charge is 0.275 e. The van der Waals surface area contributed by atoms with Crippen molar-refractivity contribution in [2.45, 2.75) is 6.42 Å². The molecule has 0 aromatic carbocycles. The van der Waals surface area contributed by atoms with Crippen LogP contribution in [0.2, 0.25) is 0 Å². The normalized spacial score (nSPS) is 10.9. The molecule has 0 unspecified atom stereocenters. The Hall–Kier alpha value is -1.56. The van der Waals surface area contributed by atoms with Crippen LogP contribution < -0.4 is 10.9 Å². The van der Waals surface area contributed by atoms with Crippen LogP contribution in [0.3, 0.4) is 0 Å². The molecule has 1 amide bonds. The maximum Gasteiger partial charge on any atom is 0.275 e. The van der Waals surface area contributed by atoms with Crippen molar-refractivity contribution in [3.63, 3.8) is 0 Å². The molecule has 0 aliphatic heterocycles. The quantitative estimate of drug-likeness (QED) is 0.815. The Labute approximate surface area is 96.3 Å². The maximum absolute atomic E-state index is 11.9. The number of carbonyl (C=O) groups is 1. The van der Waals surface area contributed by atoms with Crippen molar-refractivity contribution in [2.24, 2.45) is 14.1 Å². The molecule has 2 aromatic heterocycles. The van der Waals surface area contributed by atoms with E-state index < -0.39 is 0 Å². The van der Waals surface area contributed by atoms with Crippen molar-refractivity contribution in [2.75, 3.05) is 7.05 Å². The van der Waals surface area contributed by atoms with Gasteiger partial charge in [0.05, 0.1) is 11.8 Å². The molecule has 0 saturated heterocycles. The molecule has 0 aliphatic carbocycles. The molecule has 2 rings (SSSR count). The van der Waals surface area contributed by atoms with Gasteiger partial charge in [-0.2, -0.15) is 0 Å². The second kappa shape index (κ2) is 3.79. The lowest BCUT2D eigenvalue weighted by atomic mass is 10.2. The topological polar surface area (TPSA) is 56.0 Å². The van der Waals surface area contributed by atoms with Gasteiger partial charge in [-0.3, -0.25) is 19.0 Å². The number of aryl methyl sites for hydroxylation is 1. The molecule has 5 nitrogen and oxygen atoms in total. The van der Waals surface area contributed by atoms with Crippen LogP contribution in [0, 0.1) is 0 Å². The number of thiophene rings is 1. The third kappa shape index (κ3) is 1.46. The summed E-state index contributed by atoms with van der Waals surface area (Å²) < 4.78 is 3.35. The first-order valence-corrected chi connectivity index (χ1v) is 5.77. The molecule has 6 heteroatoms. The first-order chi connectivity index (χ1) is 7.56. The summed E-state index contributed by atoms with van der Waals surface area (Å²) in [4.78, 5) is 24.1. The molecule has 86 valence electrons. The minimum absolute atomic E-state index is 0.0438. The number of nitrogens with one attached hydrogen (secondary N) is 1. The Balaban J connectivity index is 2.60. The van der Waals surface area contributed by atoms with E-state index in [2.05, 4.69) is 5.32 Å². The van der Waals surface area contributed by atoms with Crippen molar-refractivity contribution in [1.82, 2.24) is 14.7 Å². The van der Waals surface area contributed by atoms with Crippen LogP contribution in [0.15, 0.2) is 10.2 Å². The Morgan fingerprint density at radius 3 is 2.75 bits per heavy atom. The van der Waals surface area contributed by atoms with Crippen molar-refractivity contribution >= 4 is 27.5 Å². The van der Waals surface area contributed by atoms with Gasteiger partial charge in [-0.25, -0.2) is 0 Å². The summed E-state index contributed by atoms with van der Waals surface area (Å²) in [5, 5.41) is 5.10. The summed E-state index contributed by atoms with van der Waals surface area (Å²) in [6.07, 6.45) is 0.260. The largest absolute Gasteiger partial charge is 0.359 e. The molecule has 0 atom stereocenters. The molecule has 0 bridgehead atoms. The van der Waals surface area contributed by atoms with Crippen LogP contribution in [0.25, 0.3) is 10.2 Å². The monoisotopic (exact) mass is 239 g/mol. The molecular weight excluding hydrogens is 226 g/mol. The zero-order valence-corrected chi connectivity index (χ0v) is 10.2. The van der Waals surface area contributed by atoms with Gasteiger partial charge in [0.1, 0.15) is 4.83 Å². The lowest BCUT2D eigenvalue weighted by molar-refractivity contribution is -0.119. The van der Waals surface area contributed by atoms with Gasteiger partial charge >= 0.3 is 0 Å². The average Bonchev–Trinajstić information content (AvgIpc) is 2.77. The van der Waals surface area contributed by atoms with Crippen LogP contribution in [0.4, 0.5) is 0 Å². The SMILES string of the molecule is CNC(=O)Cc1csc2c1c(=O)n(C)n2C. The van der Waals surface area contributed by atoms with Gasteiger partial charge in [-0.1, -0.05) is 0 Å². The number of hydrogen-bond acceptors (Lipinski definition) is 3. The van der Waals surface area contributed by atoms with Gasteiger partial charge in [-0.15, -0.1) is 11.3 Å². The number of aromatic nitrogens is 2. The summed E-state index contributed by atoms with van der Waals surface area (Å²) in [5.41, 5.74) is 0.762. The number of fused-ring (bicyclic) bond motifs is 1. The van der Waals surface area contributed by atoms with Gasteiger partial charge in [0.25, 0.3) is 5.56 Å². The van der Waals surface area contributed by atoms with E-state index in [-0.39, 0.29) is 17.9 Å². The third-order valence-corrected chi connectivity index (χ3v) is 3.82. The summed E-state index contributed by atoms with van der Waals surface area (Å²) >= 11 is 1.49. The van der Waals surface area contributed by atoms with Crippen molar-refractivity contribution < 1.29 is 4.79 Å². The fourth-order valence-corrected chi connectivity index (χ4v) is 2.74. The first-order valence-electron chi connectivity index (χ1n) is 4.89. The predicted octanol–water partition coefficient (Wildman–Crippen LogP) is 0.227. The van der Waals surface area contributed by atoms with E-state index in [1.54, 1.807) is 23.5 Å². The van der Waals surface area contributed by atoms with Gasteiger partial charge < -0.3 is 5.32 Å². The highest BCUT2D eigenvalue weighted by molar-refractivity contribution is 7.17. The van der Waals surface area contributed by atoms with E-state index in [4.69, 9.17) is 0 Å². The van der Waals surface area contributed by atoms with Gasteiger partial charge in [0, 0.05) is 21.1 Å². The minimum atomic E-state index is -0.0781. The summed E-state index contributed by atoms with van der Waals surface area (Å²) in [7, 11) is 5.15. The van der Waals surface area contributed by atoms with E-state index in [0.29, 0.717) is 5.39 Å². The standard InChI is InChI=1S/C10H13N3O2S/c1-11-7(14)4-6-5-16-10-8(6)9(15)12(2)13(10)3/h5H,4H2,1-3H3,(H,11,14). The number of likely N-dealkylation sites (N-methyl/N-ethyl adjacent to an activating group) is 1. The van der Waals surface area contributed by atoms with Crippen molar-refractivity contribution in [3.8, 4) is 0 Å². The second-order valence-electron chi connectivity index (χ2n) is 3.64. The van der Waals surface area contributed by atoms with Crippen LogP contribution in [-0.2, 0) is 25.3 Å². The molecule has 0 spiro atoms. The highest BCUT2D eigenvalue weighted by Crippen LogP contribution is 2.23. The van der Waals surface area contributed by atoms with Crippen LogP contribution in [0.1, 0.15) is 5.56 Å². The Bertz CT molecular complexity index is 605. The maximum atomic E-state index is 11.9. The van der Waals surface area contributed by atoms with Crippen molar-refractivity contribution in [1.29, 1.82) is 0 Å². The van der Waals surface area contributed by atoms with Crippen LogP contribution >= 0.6 is 11.3 Å². The second-order valence-corrected chi connectivity index (χ2v) is 4.50.